The van der Waals surface area contributed by atoms with Gasteiger partial charge in [0.25, 0.3) is 10.0 Å². The second kappa shape index (κ2) is 6.31. The van der Waals surface area contributed by atoms with E-state index in [0.29, 0.717) is 5.02 Å². The van der Waals surface area contributed by atoms with Crippen molar-refractivity contribution in [3.05, 3.63) is 94.6 Å². The highest BCUT2D eigenvalue weighted by atomic mass is 35.5. The second-order valence-corrected chi connectivity index (χ2v) is 8.38. The number of aryl methyl sites for hydroxylation is 1. The Bertz CT molecular complexity index is 1130. The summed E-state index contributed by atoms with van der Waals surface area (Å²) in [4.78, 5) is 0.234. The van der Waals surface area contributed by atoms with E-state index in [4.69, 9.17) is 11.6 Å². The molecule has 3 nitrogen and oxygen atoms in total. The number of benzene rings is 3. The first-order valence-electron chi connectivity index (χ1n) is 8.14. The van der Waals surface area contributed by atoms with Gasteiger partial charge in [-0.1, -0.05) is 59.6 Å². The maximum atomic E-state index is 12.6. The lowest BCUT2D eigenvalue weighted by Gasteiger charge is -2.07. The molecule has 4 rings (SSSR count). The van der Waals surface area contributed by atoms with Gasteiger partial charge in [0.05, 0.1) is 4.90 Å². The fourth-order valence-electron chi connectivity index (χ4n) is 3.15. The van der Waals surface area contributed by atoms with Crippen LogP contribution in [-0.4, -0.2) is 8.42 Å². The van der Waals surface area contributed by atoms with Crippen molar-refractivity contribution in [2.45, 2.75) is 11.8 Å². The van der Waals surface area contributed by atoms with E-state index in [1.807, 2.05) is 49.4 Å². The van der Waals surface area contributed by atoms with E-state index in [9.17, 15) is 8.42 Å². The van der Waals surface area contributed by atoms with Gasteiger partial charge in [0.1, 0.15) is 0 Å². The number of rotatable bonds is 3. The topological polar surface area (TPSA) is 46.2 Å². The Morgan fingerprint density at radius 1 is 0.846 bits per heavy atom. The molecule has 0 saturated carbocycles. The summed E-state index contributed by atoms with van der Waals surface area (Å²) in [5.41, 5.74) is 5.84. The maximum Gasteiger partial charge on any atom is 0.261 e. The summed E-state index contributed by atoms with van der Waals surface area (Å²) in [6.45, 7) is 1.92. The molecule has 1 aliphatic carbocycles. The van der Waals surface area contributed by atoms with E-state index in [2.05, 4.69) is 4.72 Å². The number of hydrogen-bond acceptors (Lipinski definition) is 2. The molecule has 0 unspecified atom stereocenters. The van der Waals surface area contributed by atoms with Crippen LogP contribution in [0, 0.1) is 6.92 Å². The molecule has 0 heterocycles. The largest absolute Gasteiger partial charge is 0.286 e. The molecule has 3 aromatic carbocycles. The van der Waals surface area contributed by atoms with Crippen molar-refractivity contribution in [2.24, 2.45) is 0 Å². The maximum absolute atomic E-state index is 12.6. The van der Waals surface area contributed by atoms with Crippen LogP contribution < -0.4 is 4.72 Å². The van der Waals surface area contributed by atoms with E-state index in [1.54, 1.807) is 30.5 Å². The van der Waals surface area contributed by atoms with Gasteiger partial charge in [-0.05, 0) is 53.4 Å². The molecule has 0 radical (unpaired) electrons. The van der Waals surface area contributed by atoms with Crippen molar-refractivity contribution in [3.8, 4) is 11.1 Å². The molecule has 26 heavy (non-hydrogen) atoms. The lowest BCUT2D eigenvalue weighted by atomic mass is 10.1. The minimum Gasteiger partial charge on any atom is -0.286 e. The Hall–Kier alpha value is -2.56. The van der Waals surface area contributed by atoms with Gasteiger partial charge >= 0.3 is 0 Å². The summed E-state index contributed by atoms with van der Waals surface area (Å²) in [6.07, 6.45) is 1.55. The zero-order valence-electron chi connectivity index (χ0n) is 14.0. The van der Waals surface area contributed by atoms with E-state index in [1.165, 1.54) is 0 Å². The van der Waals surface area contributed by atoms with Crippen LogP contribution in [0.4, 0.5) is 0 Å². The van der Waals surface area contributed by atoms with E-state index in [0.717, 1.165) is 33.4 Å². The van der Waals surface area contributed by atoms with Crippen LogP contribution in [0.3, 0.4) is 0 Å². The van der Waals surface area contributed by atoms with Gasteiger partial charge in [-0.15, -0.1) is 0 Å². The van der Waals surface area contributed by atoms with Crippen LogP contribution in [-0.2, 0) is 10.0 Å². The summed E-state index contributed by atoms with van der Waals surface area (Å²) in [7, 11) is -3.64. The molecule has 1 N–H and O–H groups in total. The van der Waals surface area contributed by atoms with E-state index >= 15 is 0 Å². The van der Waals surface area contributed by atoms with Crippen molar-refractivity contribution in [3.63, 3.8) is 0 Å². The van der Waals surface area contributed by atoms with E-state index in [-0.39, 0.29) is 4.90 Å². The van der Waals surface area contributed by atoms with Crippen LogP contribution in [0.1, 0.15) is 16.7 Å². The molecule has 5 heteroatoms. The van der Waals surface area contributed by atoms with Crippen molar-refractivity contribution in [1.82, 2.24) is 4.72 Å². The third-order valence-corrected chi connectivity index (χ3v) is 6.02. The third-order valence-electron chi connectivity index (χ3n) is 4.47. The zero-order valence-corrected chi connectivity index (χ0v) is 15.6. The molecule has 0 bridgehead atoms. The first-order valence-corrected chi connectivity index (χ1v) is 10.0. The number of sulfonamides is 1. The first kappa shape index (κ1) is 16.9. The van der Waals surface area contributed by atoms with Gasteiger partial charge in [-0.3, -0.25) is 4.72 Å². The first-order chi connectivity index (χ1) is 12.5. The van der Waals surface area contributed by atoms with E-state index < -0.39 is 10.0 Å². The second-order valence-electron chi connectivity index (χ2n) is 6.23. The average molecular weight is 382 g/mol. The molecular weight excluding hydrogens is 366 g/mol. The van der Waals surface area contributed by atoms with Crippen molar-refractivity contribution >= 4 is 27.2 Å². The van der Waals surface area contributed by atoms with Gasteiger partial charge in [-0.2, -0.15) is 0 Å². The van der Waals surface area contributed by atoms with Crippen LogP contribution in [0.15, 0.2) is 77.8 Å². The quantitative estimate of drug-likeness (QED) is 0.543. The van der Waals surface area contributed by atoms with Crippen LogP contribution in [0.2, 0.25) is 5.02 Å². The van der Waals surface area contributed by atoms with Crippen LogP contribution in [0.25, 0.3) is 16.7 Å². The molecule has 0 spiro atoms. The molecule has 1 aliphatic rings. The molecule has 0 fully saturated rings. The molecule has 0 atom stereocenters. The highest BCUT2D eigenvalue weighted by Gasteiger charge is 2.24. The van der Waals surface area contributed by atoms with Crippen molar-refractivity contribution < 1.29 is 8.42 Å². The standard InChI is InChI=1S/C21H16ClNO2S/c1-14-6-9-16(10-7-14)26(24,25)23-13-21-18-5-3-2-4-17(18)19-11-8-15(22)12-20(19)21/h2-13,23H,1H3/b21-13-. The molecule has 3 aromatic rings. The summed E-state index contributed by atoms with van der Waals surface area (Å²) >= 11 is 6.17. The Labute approximate surface area is 158 Å². The monoisotopic (exact) mass is 381 g/mol. The summed E-state index contributed by atoms with van der Waals surface area (Å²) < 4.78 is 27.8. The Morgan fingerprint density at radius 2 is 1.50 bits per heavy atom. The number of fused-ring (bicyclic) bond motifs is 3. The molecule has 0 aliphatic heterocycles. The Kier molecular flexibility index (Phi) is 4.10. The molecule has 130 valence electrons. The average Bonchev–Trinajstić information content (AvgIpc) is 2.93. The minimum absolute atomic E-state index is 0.234. The Balaban J connectivity index is 1.78. The molecule has 0 aromatic heterocycles. The SMILES string of the molecule is Cc1ccc(S(=O)(=O)N/C=C2/c3ccccc3-c3ccc(Cl)cc32)cc1. The zero-order chi connectivity index (χ0) is 18.3. The van der Waals surface area contributed by atoms with Gasteiger partial charge in [0, 0.05) is 16.8 Å². The van der Waals surface area contributed by atoms with Gasteiger partial charge in [-0.25, -0.2) is 8.42 Å². The third kappa shape index (κ3) is 2.91. The highest BCUT2D eigenvalue weighted by molar-refractivity contribution is 7.89. The van der Waals surface area contributed by atoms with Gasteiger partial charge in [0.15, 0.2) is 0 Å². The number of hydrogen-bond donors (Lipinski definition) is 1. The lowest BCUT2D eigenvalue weighted by Crippen LogP contribution is -2.18. The summed E-state index contributed by atoms with van der Waals surface area (Å²) in [5, 5.41) is 0.615. The smallest absolute Gasteiger partial charge is 0.261 e. The molecule has 0 saturated heterocycles. The van der Waals surface area contributed by atoms with Crippen LogP contribution >= 0.6 is 11.6 Å². The highest BCUT2D eigenvalue weighted by Crippen LogP contribution is 2.44. The predicted molar refractivity (Wildman–Crippen MR) is 105 cm³/mol. The van der Waals surface area contributed by atoms with Crippen LogP contribution in [0.5, 0.6) is 0 Å². The number of nitrogens with one attached hydrogen (secondary N) is 1. The lowest BCUT2D eigenvalue weighted by molar-refractivity contribution is 0.590. The van der Waals surface area contributed by atoms with Gasteiger partial charge < -0.3 is 0 Å². The van der Waals surface area contributed by atoms with Crippen molar-refractivity contribution in [2.75, 3.05) is 0 Å². The normalized spacial score (nSPS) is 14.2. The minimum atomic E-state index is -3.64. The summed E-state index contributed by atoms with van der Waals surface area (Å²) in [5.74, 6) is 0. The van der Waals surface area contributed by atoms with Gasteiger partial charge in [0.2, 0.25) is 0 Å². The Morgan fingerprint density at radius 3 is 2.23 bits per heavy atom. The molecule has 0 amide bonds. The molecular formula is C21H16ClNO2S. The number of halogens is 1. The fraction of sp³-hybridized carbons (Fsp3) is 0.0476. The summed E-state index contributed by atoms with van der Waals surface area (Å²) in [6, 6.07) is 20.3. The van der Waals surface area contributed by atoms with Crippen molar-refractivity contribution in [1.29, 1.82) is 0 Å². The fourth-order valence-corrected chi connectivity index (χ4v) is 4.23. The predicted octanol–water partition coefficient (Wildman–Crippen LogP) is 5.00.